The van der Waals surface area contributed by atoms with Gasteiger partial charge in [-0.2, -0.15) is 0 Å². The van der Waals surface area contributed by atoms with Crippen LogP contribution in [0.2, 0.25) is 0 Å². The molecule has 0 atom stereocenters. The highest BCUT2D eigenvalue weighted by atomic mass is 16.5. The first-order chi connectivity index (χ1) is 14.3. The summed E-state index contributed by atoms with van der Waals surface area (Å²) in [6, 6.07) is 11.8. The first-order valence-corrected chi connectivity index (χ1v) is 10.6. The van der Waals surface area contributed by atoms with Crippen molar-refractivity contribution in [1.29, 1.82) is 0 Å². The molecule has 2 aromatic rings. The topological polar surface area (TPSA) is 57.7 Å². The second-order valence-corrected chi connectivity index (χ2v) is 7.42. The van der Waals surface area contributed by atoms with Gasteiger partial charge in [0.2, 0.25) is 0 Å². The van der Waals surface area contributed by atoms with Crippen LogP contribution in [-0.2, 0) is 4.74 Å². The predicted octanol–water partition coefficient (Wildman–Crippen LogP) is 4.39. The van der Waals surface area contributed by atoms with Gasteiger partial charge in [0.25, 0.3) is 5.91 Å². The number of carbonyl (C=O) groups is 1. The van der Waals surface area contributed by atoms with Crippen molar-refractivity contribution in [2.75, 3.05) is 36.5 Å². The van der Waals surface area contributed by atoms with E-state index in [0.29, 0.717) is 25.6 Å². The van der Waals surface area contributed by atoms with Crippen LogP contribution in [-0.4, -0.2) is 37.6 Å². The fourth-order valence-corrected chi connectivity index (χ4v) is 3.53. The Morgan fingerprint density at radius 2 is 1.79 bits per heavy atom. The number of unbranched alkanes of at least 4 members (excludes halogenated alkanes) is 5. The summed E-state index contributed by atoms with van der Waals surface area (Å²) in [4.78, 5) is 20.7. The lowest BCUT2D eigenvalue weighted by Crippen LogP contribution is -2.40. The van der Waals surface area contributed by atoms with Crippen molar-refractivity contribution in [2.24, 2.45) is 0 Å². The molecule has 0 unspecified atom stereocenters. The molecule has 0 fully saturated rings. The zero-order valence-corrected chi connectivity index (χ0v) is 17.3. The first kappa shape index (κ1) is 21.1. The number of pyridine rings is 1. The van der Waals surface area contributed by atoms with Crippen molar-refractivity contribution in [3.8, 4) is 0 Å². The number of ether oxygens (including phenoxy) is 1. The highest BCUT2D eigenvalue weighted by Crippen LogP contribution is 2.34. The summed E-state index contributed by atoms with van der Waals surface area (Å²) in [5, 5.41) is 2.98. The van der Waals surface area contributed by atoms with Gasteiger partial charge in [0.15, 0.2) is 0 Å². The van der Waals surface area contributed by atoms with Crippen molar-refractivity contribution in [3.63, 3.8) is 0 Å². The Balaban J connectivity index is 1.45. The minimum Gasteiger partial charge on any atom is -0.361 e. The molecule has 1 aliphatic rings. The van der Waals surface area contributed by atoms with E-state index in [9.17, 15) is 4.79 Å². The largest absolute Gasteiger partial charge is 0.361 e. The number of amides is 1. The van der Waals surface area contributed by atoms with Gasteiger partial charge in [0.1, 0.15) is 6.73 Å². The highest BCUT2D eigenvalue weighted by Gasteiger charge is 2.25. The standard InChI is InChI=1S/C23H32N4O2/c1-2-3-4-5-6-9-15-29-19-27-18-26(21-12-7-8-13-22(21)27)17-25-23(28)20-11-10-14-24-16-20/h7-8,10-14,16H,2-6,9,15,17-19H2,1H3,(H,25,28). The van der Waals surface area contributed by atoms with E-state index in [1.807, 2.05) is 12.1 Å². The molecule has 29 heavy (non-hydrogen) atoms. The van der Waals surface area contributed by atoms with E-state index < -0.39 is 0 Å². The smallest absolute Gasteiger partial charge is 0.254 e. The van der Waals surface area contributed by atoms with Gasteiger partial charge in [0.05, 0.1) is 30.3 Å². The average molecular weight is 397 g/mol. The Morgan fingerprint density at radius 1 is 1.03 bits per heavy atom. The number of carbonyl (C=O) groups excluding carboxylic acids is 1. The number of rotatable bonds is 12. The zero-order valence-electron chi connectivity index (χ0n) is 17.3. The van der Waals surface area contributed by atoms with E-state index in [0.717, 1.165) is 24.4 Å². The van der Waals surface area contributed by atoms with Crippen LogP contribution < -0.4 is 15.1 Å². The summed E-state index contributed by atoms with van der Waals surface area (Å²) in [6.07, 6.45) is 10.8. The molecule has 1 amide bonds. The van der Waals surface area contributed by atoms with E-state index in [4.69, 9.17) is 4.74 Å². The average Bonchev–Trinajstić information content (AvgIpc) is 3.12. The lowest BCUT2D eigenvalue weighted by atomic mass is 10.1. The van der Waals surface area contributed by atoms with Crippen molar-refractivity contribution in [3.05, 3.63) is 54.4 Å². The summed E-state index contributed by atoms with van der Waals surface area (Å²) >= 11 is 0. The summed E-state index contributed by atoms with van der Waals surface area (Å²) in [5.41, 5.74) is 2.83. The number of anilines is 2. The van der Waals surface area contributed by atoms with E-state index in [-0.39, 0.29) is 5.91 Å². The number of benzene rings is 1. The van der Waals surface area contributed by atoms with Gasteiger partial charge >= 0.3 is 0 Å². The van der Waals surface area contributed by atoms with Gasteiger partial charge < -0.3 is 19.9 Å². The Labute approximate surface area is 173 Å². The lowest BCUT2D eigenvalue weighted by Gasteiger charge is -2.22. The third-order valence-corrected chi connectivity index (χ3v) is 5.15. The maximum absolute atomic E-state index is 12.3. The Morgan fingerprint density at radius 3 is 2.55 bits per heavy atom. The second-order valence-electron chi connectivity index (χ2n) is 7.42. The van der Waals surface area contributed by atoms with Gasteiger partial charge in [0, 0.05) is 19.0 Å². The number of hydrogen-bond acceptors (Lipinski definition) is 5. The van der Waals surface area contributed by atoms with Crippen LogP contribution in [0, 0.1) is 0 Å². The van der Waals surface area contributed by atoms with Gasteiger partial charge in [-0.3, -0.25) is 9.78 Å². The fourth-order valence-electron chi connectivity index (χ4n) is 3.53. The monoisotopic (exact) mass is 396 g/mol. The quantitative estimate of drug-likeness (QED) is 0.539. The van der Waals surface area contributed by atoms with Gasteiger partial charge in [-0.1, -0.05) is 51.2 Å². The molecule has 1 aromatic heterocycles. The molecule has 0 saturated heterocycles. The number of nitrogens with one attached hydrogen (secondary N) is 1. The Bertz CT molecular complexity index is 754. The van der Waals surface area contributed by atoms with Crippen LogP contribution in [0.1, 0.15) is 55.8 Å². The molecule has 0 saturated carbocycles. The zero-order chi connectivity index (χ0) is 20.3. The van der Waals surface area contributed by atoms with E-state index >= 15 is 0 Å². The maximum Gasteiger partial charge on any atom is 0.254 e. The molecular formula is C23H32N4O2. The van der Waals surface area contributed by atoms with Crippen molar-refractivity contribution >= 4 is 17.3 Å². The molecule has 0 bridgehead atoms. The highest BCUT2D eigenvalue weighted by molar-refractivity contribution is 5.94. The third kappa shape index (κ3) is 6.19. The molecule has 1 aromatic carbocycles. The van der Waals surface area contributed by atoms with E-state index in [2.05, 4.69) is 39.2 Å². The van der Waals surface area contributed by atoms with Crippen molar-refractivity contribution in [2.45, 2.75) is 45.4 Å². The molecule has 3 rings (SSSR count). The summed E-state index contributed by atoms with van der Waals surface area (Å²) in [7, 11) is 0. The molecule has 2 heterocycles. The van der Waals surface area contributed by atoms with E-state index in [1.54, 1.807) is 24.5 Å². The molecular weight excluding hydrogens is 364 g/mol. The molecule has 1 aliphatic heterocycles. The number of para-hydroxylation sites is 2. The fraction of sp³-hybridized carbons (Fsp3) is 0.478. The molecule has 1 N–H and O–H groups in total. The molecule has 6 nitrogen and oxygen atoms in total. The van der Waals surface area contributed by atoms with Crippen molar-refractivity contribution < 1.29 is 9.53 Å². The maximum atomic E-state index is 12.3. The van der Waals surface area contributed by atoms with Crippen LogP contribution in [0.25, 0.3) is 0 Å². The molecule has 0 spiro atoms. The minimum absolute atomic E-state index is 0.117. The summed E-state index contributed by atoms with van der Waals surface area (Å²) in [5.74, 6) is -0.117. The van der Waals surface area contributed by atoms with Crippen LogP contribution in [0.15, 0.2) is 48.8 Å². The molecule has 6 heteroatoms. The number of hydrogen-bond donors (Lipinski definition) is 1. The number of nitrogens with zero attached hydrogens (tertiary/aromatic N) is 3. The van der Waals surface area contributed by atoms with E-state index in [1.165, 1.54) is 32.1 Å². The summed E-state index contributed by atoms with van der Waals surface area (Å²) < 4.78 is 5.93. The number of aromatic nitrogens is 1. The lowest BCUT2D eigenvalue weighted by molar-refractivity contribution is 0.0953. The van der Waals surface area contributed by atoms with Crippen LogP contribution in [0.5, 0.6) is 0 Å². The van der Waals surface area contributed by atoms with Gasteiger partial charge in [-0.25, -0.2) is 0 Å². The number of fused-ring (bicyclic) bond motifs is 1. The molecule has 156 valence electrons. The van der Waals surface area contributed by atoms with Gasteiger partial charge in [-0.15, -0.1) is 0 Å². The van der Waals surface area contributed by atoms with Gasteiger partial charge in [-0.05, 0) is 30.7 Å². The Hall–Kier alpha value is -2.60. The SMILES string of the molecule is CCCCCCCCOCN1CN(CNC(=O)c2cccnc2)c2ccccc21. The van der Waals surface area contributed by atoms with Crippen molar-refractivity contribution in [1.82, 2.24) is 10.3 Å². The first-order valence-electron chi connectivity index (χ1n) is 10.6. The normalized spacial score (nSPS) is 12.9. The predicted molar refractivity (Wildman–Crippen MR) is 117 cm³/mol. The second kappa shape index (κ2) is 11.4. The third-order valence-electron chi connectivity index (χ3n) is 5.15. The molecule has 0 aliphatic carbocycles. The molecule has 0 radical (unpaired) electrons. The Kier molecular flexibility index (Phi) is 8.31. The van der Waals surface area contributed by atoms with Crippen LogP contribution in [0.4, 0.5) is 11.4 Å². The summed E-state index contributed by atoms with van der Waals surface area (Å²) in [6.45, 7) is 4.74. The van der Waals surface area contributed by atoms with Crippen LogP contribution in [0.3, 0.4) is 0 Å². The minimum atomic E-state index is -0.117. The van der Waals surface area contributed by atoms with Crippen LogP contribution >= 0.6 is 0 Å².